The van der Waals surface area contributed by atoms with Crippen LogP contribution in [0.15, 0.2) is 12.3 Å². The fourth-order valence-electron chi connectivity index (χ4n) is 1.16. The van der Waals surface area contributed by atoms with Crippen LogP contribution in [0.3, 0.4) is 0 Å². The maximum absolute atomic E-state index is 11.3. The number of hydrogen-bond donors (Lipinski definition) is 1. The highest BCUT2D eigenvalue weighted by molar-refractivity contribution is 6.36. The van der Waals surface area contributed by atoms with E-state index >= 15 is 0 Å². The predicted octanol–water partition coefficient (Wildman–Crippen LogP) is 1.40. The number of aromatic nitrogens is 3. The number of fused-ring (bicyclic) bond motifs is 1. The molecule has 0 saturated carbocycles. The summed E-state index contributed by atoms with van der Waals surface area (Å²) >= 11 is 5.90. The van der Waals surface area contributed by atoms with Crippen LogP contribution in [0.2, 0.25) is 5.02 Å². The molecule has 2 aromatic rings. The first-order valence-electron chi connectivity index (χ1n) is 3.81. The van der Waals surface area contributed by atoms with Crippen LogP contribution in [0.1, 0.15) is 10.5 Å². The summed E-state index contributed by atoms with van der Waals surface area (Å²) in [5.74, 6) is -0.512. The fraction of sp³-hybridized carbons (Fsp3) is 0.125. The Balaban J connectivity index is 2.73. The largest absolute Gasteiger partial charge is 0.464 e. The second-order valence-electron chi connectivity index (χ2n) is 2.58. The Morgan fingerprint density at radius 2 is 2.43 bits per heavy atom. The number of ether oxygens (including phenoxy) is 1. The first-order valence-corrected chi connectivity index (χ1v) is 4.18. The van der Waals surface area contributed by atoms with Gasteiger partial charge in [0.15, 0.2) is 11.3 Å². The summed E-state index contributed by atoms with van der Waals surface area (Å²) < 4.78 is 4.56. The van der Waals surface area contributed by atoms with Gasteiger partial charge in [0.05, 0.1) is 17.5 Å². The topological polar surface area (TPSA) is 67.9 Å². The first kappa shape index (κ1) is 8.96. The highest BCUT2D eigenvalue weighted by Gasteiger charge is 2.16. The molecule has 0 saturated heterocycles. The third-order valence-corrected chi connectivity index (χ3v) is 2.11. The van der Waals surface area contributed by atoms with E-state index in [1.165, 1.54) is 13.3 Å². The van der Waals surface area contributed by atoms with Crippen molar-refractivity contribution in [2.24, 2.45) is 0 Å². The Morgan fingerprint density at radius 3 is 3.14 bits per heavy atom. The van der Waals surface area contributed by atoms with Crippen LogP contribution in [0.5, 0.6) is 0 Å². The molecule has 0 aliphatic heterocycles. The lowest BCUT2D eigenvalue weighted by Gasteiger charge is -1.96. The van der Waals surface area contributed by atoms with Crippen molar-refractivity contribution in [2.75, 3.05) is 7.11 Å². The Morgan fingerprint density at radius 1 is 1.64 bits per heavy atom. The molecule has 0 aliphatic carbocycles. The van der Waals surface area contributed by atoms with E-state index in [0.29, 0.717) is 16.1 Å². The summed E-state index contributed by atoms with van der Waals surface area (Å²) in [7, 11) is 1.29. The van der Waals surface area contributed by atoms with E-state index < -0.39 is 5.97 Å². The summed E-state index contributed by atoms with van der Waals surface area (Å²) in [5, 5.41) is 7.27. The van der Waals surface area contributed by atoms with E-state index in [1.54, 1.807) is 6.07 Å². The van der Waals surface area contributed by atoms with Gasteiger partial charge >= 0.3 is 5.97 Å². The number of aromatic amines is 1. The SMILES string of the molecule is COC(=O)c1[nH]nc2nccc(Cl)c12. The molecule has 6 heteroatoms. The molecule has 0 aromatic carbocycles. The third-order valence-electron chi connectivity index (χ3n) is 1.79. The summed E-state index contributed by atoms with van der Waals surface area (Å²) in [6.07, 6.45) is 1.52. The zero-order valence-electron chi connectivity index (χ0n) is 7.24. The van der Waals surface area contributed by atoms with E-state index in [-0.39, 0.29) is 5.69 Å². The number of rotatable bonds is 1. The lowest BCUT2D eigenvalue weighted by Crippen LogP contribution is -2.02. The molecule has 5 nitrogen and oxygen atoms in total. The molecule has 72 valence electrons. The van der Waals surface area contributed by atoms with Gasteiger partial charge in [0.25, 0.3) is 0 Å². The van der Waals surface area contributed by atoms with Gasteiger partial charge in [-0.25, -0.2) is 9.78 Å². The van der Waals surface area contributed by atoms with Crippen LogP contribution in [0, 0.1) is 0 Å². The molecule has 2 rings (SSSR count). The quantitative estimate of drug-likeness (QED) is 0.724. The highest BCUT2D eigenvalue weighted by atomic mass is 35.5. The number of carbonyl (C=O) groups excluding carboxylic acids is 1. The van der Waals surface area contributed by atoms with E-state index in [1.807, 2.05) is 0 Å². The Bertz CT molecular complexity index is 494. The van der Waals surface area contributed by atoms with Gasteiger partial charge < -0.3 is 4.74 Å². The van der Waals surface area contributed by atoms with Crippen molar-refractivity contribution in [1.29, 1.82) is 0 Å². The molecule has 2 aromatic heterocycles. The van der Waals surface area contributed by atoms with Crippen molar-refractivity contribution < 1.29 is 9.53 Å². The standard InChI is InChI=1S/C8H6ClN3O2/c1-14-8(13)6-5-4(9)2-3-10-7(5)12-11-6/h2-3H,1H3,(H,10,11,12). The minimum atomic E-state index is -0.512. The number of esters is 1. The van der Waals surface area contributed by atoms with Crippen molar-refractivity contribution in [3.8, 4) is 0 Å². The van der Waals surface area contributed by atoms with E-state index in [0.717, 1.165) is 0 Å². The average Bonchev–Trinajstić information content (AvgIpc) is 2.62. The molecular weight excluding hydrogens is 206 g/mol. The average molecular weight is 212 g/mol. The molecule has 0 fully saturated rings. The molecule has 0 atom stereocenters. The third kappa shape index (κ3) is 1.22. The van der Waals surface area contributed by atoms with E-state index in [4.69, 9.17) is 11.6 Å². The molecule has 0 spiro atoms. The van der Waals surface area contributed by atoms with Crippen LogP contribution < -0.4 is 0 Å². The van der Waals surface area contributed by atoms with Crippen molar-refractivity contribution in [1.82, 2.24) is 15.2 Å². The Kier molecular flexibility index (Phi) is 2.09. The Labute approximate surface area is 84.0 Å². The van der Waals surface area contributed by atoms with Gasteiger partial charge in [-0.1, -0.05) is 11.6 Å². The van der Waals surface area contributed by atoms with E-state index in [2.05, 4.69) is 19.9 Å². The zero-order chi connectivity index (χ0) is 10.1. The summed E-state index contributed by atoms with van der Waals surface area (Å²) in [6.45, 7) is 0. The zero-order valence-corrected chi connectivity index (χ0v) is 8.00. The van der Waals surface area contributed by atoms with Crippen molar-refractivity contribution in [2.45, 2.75) is 0 Å². The number of carbonyl (C=O) groups is 1. The van der Waals surface area contributed by atoms with Crippen molar-refractivity contribution in [3.63, 3.8) is 0 Å². The van der Waals surface area contributed by atoms with Crippen LogP contribution in [0.4, 0.5) is 0 Å². The maximum Gasteiger partial charge on any atom is 0.356 e. The lowest BCUT2D eigenvalue weighted by molar-refractivity contribution is 0.0596. The van der Waals surface area contributed by atoms with Crippen molar-refractivity contribution >= 4 is 28.6 Å². The van der Waals surface area contributed by atoms with Crippen LogP contribution in [-0.4, -0.2) is 28.3 Å². The molecule has 0 amide bonds. The number of halogens is 1. The normalized spacial score (nSPS) is 10.4. The molecule has 0 aliphatic rings. The van der Waals surface area contributed by atoms with Crippen molar-refractivity contribution in [3.05, 3.63) is 23.0 Å². The van der Waals surface area contributed by atoms with E-state index in [9.17, 15) is 4.79 Å². The number of methoxy groups -OCH3 is 1. The molecule has 0 radical (unpaired) electrons. The number of pyridine rings is 1. The number of hydrogen-bond acceptors (Lipinski definition) is 4. The number of H-pyrrole nitrogens is 1. The molecule has 1 N–H and O–H groups in total. The second kappa shape index (κ2) is 3.26. The summed E-state index contributed by atoms with van der Waals surface area (Å²) in [6, 6.07) is 1.59. The maximum atomic E-state index is 11.3. The Hall–Kier alpha value is -1.62. The van der Waals surface area contributed by atoms with Gasteiger partial charge in [0, 0.05) is 6.20 Å². The van der Waals surface area contributed by atoms with Gasteiger partial charge in [-0.2, -0.15) is 5.10 Å². The second-order valence-corrected chi connectivity index (χ2v) is 2.99. The summed E-state index contributed by atoms with van der Waals surface area (Å²) in [4.78, 5) is 15.2. The van der Waals surface area contributed by atoms with Crippen LogP contribution in [-0.2, 0) is 4.74 Å². The molecule has 14 heavy (non-hydrogen) atoms. The van der Waals surface area contributed by atoms with Crippen LogP contribution in [0.25, 0.3) is 11.0 Å². The van der Waals surface area contributed by atoms with Gasteiger partial charge in [0.1, 0.15) is 0 Å². The summed E-state index contributed by atoms with van der Waals surface area (Å²) in [5.41, 5.74) is 0.624. The van der Waals surface area contributed by atoms with Gasteiger partial charge in [-0.3, -0.25) is 5.10 Å². The molecule has 0 bridgehead atoms. The predicted molar refractivity (Wildman–Crippen MR) is 50.2 cm³/mol. The lowest BCUT2D eigenvalue weighted by atomic mass is 10.2. The van der Waals surface area contributed by atoms with Gasteiger partial charge in [-0.15, -0.1) is 0 Å². The molecule has 0 unspecified atom stereocenters. The van der Waals surface area contributed by atoms with Crippen LogP contribution >= 0.6 is 11.6 Å². The first-order chi connectivity index (χ1) is 6.74. The number of nitrogens with zero attached hydrogens (tertiary/aromatic N) is 2. The fourth-order valence-corrected chi connectivity index (χ4v) is 1.39. The van der Waals surface area contributed by atoms with Gasteiger partial charge in [-0.05, 0) is 6.07 Å². The molecular formula is C8H6ClN3O2. The monoisotopic (exact) mass is 211 g/mol. The molecule has 2 heterocycles. The number of nitrogens with one attached hydrogen (secondary N) is 1. The minimum absolute atomic E-state index is 0.223. The smallest absolute Gasteiger partial charge is 0.356 e. The minimum Gasteiger partial charge on any atom is -0.464 e. The van der Waals surface area contributed by atoms with Gasteiger partial charge in [0.2, 0.25) is 0 Å². The highest BCUT2D eigenvalue weighted by Crippen LogP contribution is 2.23.